The molecule has 0 aliphatic rings. The van der Waals surface area contributed by atoms with Gasteiger partial charge in [-0.15, -0.1) is 0 Å². The maximum atomic E-state index is 13.4. The van der Waals surface area contributed by atoms with Crippen LogP contribution in [0.25, 0.3) is 0 Å². The average Bonchev–Trinajstić information content (AvgIpc) is 2.40. The monoisotopic (exact) mass is 333 g/mol. The van der Waals surface area contributed by atoms with Crippen molar-refractivity contribution in [3.8, 4) is 5.75 Å². The molecule has 0 amide bonds. The average molecular weight is 335 g/mol. The van der Waals surface area contributed by atoms with Crippen LogP contribution in [0.15, 0.2) is 30.3 Å². The highest BCUT2D eigenvalue weighted by atomic mass is 35.5. The molecule has 0 spiro atoms. The van der Waals surface area contributed by atoms with E-state index >= 15 is 0 Å². The fraction of sp³-hybridized carbons (Fsp3) is 0.0769. The lowest BCUT2D eigenvalue weighted by atomic mass is 10.2. The van der Waals surface area contributed by atoms with Gasteiger partial charge < -0.3 is 4.74 Å². The van der Waals surface area contributed by atoms with Crippen LogP contribution in [0.2, 0.25) is 15.2 Å². The number of ketones is 1. The number of benzene rings is 1. The van der Waals surface area contributed by atoms with Gasteiger partial charge in [0.2, 0.25) is 11.7 Å². The Morgan fingerprint density at radius 2 is 1.90 bits per heavy atom. The highest BCUT2D eigenvalue weighted by molar-refractivity contribution is 6.42. The number of hydrogen-bond acceptors (Lipinski definition) is 3. The molecule has 0 N–H and O–H groups in total. The van der Waals surface area contributed by atoms with E-state index in [-0.39, 0.29) is 17.3 Å². The van der Waals surface area contributed by atoms with Crippen LogP contribution in [0.1, 0.15) is 10.4 Å². The van der Waals surface area contributed by atoms with Gasteiger partial charge in [0.15, 0.2) is 6.61 Å². The second-order valence-electron chi connectivity index (χ2n) is 3.76. The molecule has 2 aromatic rings. The zero-order chi connectivity index (χ0) is 14.7. The van der Waals surface area contributed by atoms with E-state index in [2.05, 4.69) is 4.98 Å². The number of Topliss-reactive ketones (excluding diaryl/α,β-unsaturated/α-hetero) is 1. The van der Waals surface area contributed by atoms with Crippen molar-refractivity contribution in [2.75, 3.05) is 6.61 Å². The van der Waals surface area contributed by atoms with Gasteiger partial charge in [0.25, 0.3) is 0 Å². The number of aromatic nitrogens is 1. The molecule has 20 heavy (non-hydrogen) atoms. The number of pyridine rings is 1. The first-order valence-electron chi connectivity index (χ1n) is 5.40. The van der Waals surface area contributed by atoms with E-state index in [0.29, 0.717) is 15.8 Å². The first-order chi connectivity index (χ1) is 9.47. The summed E-state index contributed by atoms with van der Waals surface area (Å²) < 4.78 is 18.7. The Bertz CT molecular complexity index is 664. The molecule has 0 aliphatic carbocycles. The summed E-state index contributed by atoms with van der Waals surface area (Å²) in [5.41, 5.74) is -0.186. The fourth-order valence-corrected chi connectivity index (χ4v) is 1.84. The summed E-state index contributed by atoms with van der Waals surface area (Å²) in [7, 11) is 0. The van der Waals surface area contributed by atoms with Gasteiger partial charge in [-0.3, -0.25) is 4.79 Å². The molecule has 0 saturated carbocycles. The molecular weight excluding hydrogens is 328 g/mol. The summed E-state index contributed by atoms with van der Waals surface area (Å²) in [6.45, 7) is -0.349. The van der Waals surface area contributed by atoms with Gasteiger partial charge in [-0.25, -0.2) is 4.98 Å². The van der Waals surface area contributed by atoms with Crippen LogP contribution < -0.4 is 4.74 Å². The van der Waals surface area contributed by atoms with Crippen molar-refractivity contribution in [3.63, 3.8) is 0 Å². The Labute approximate surface area is 129 Å². The van der Waals surface area contributed by atoms with Gasteiger partial charge in [-0.2, -0.15) is 4.39 Å². The molecule has 104 valence electrons. The molecule has 2 rings (SSSR count). The van der Waals surface area contributed by atoms with Crippen molar-refractivity contribution in [1.29, 1.82) is 0 Å². The maximum Gasteiger partial charge on any atom is 0.225 e. The molecular formula is C13H7Cl3FNO2. The standard InChI is InChI=1S/C13H7Cl3FNO2/c14-9-3-1-7(5-10(9)15)20-6-11(19)8-2-4-12(16)18-13(8)17/h1-5H,6H2. The molecule has 1 aromatic carbocycles. The lowest BCUT2D eigenvalue weighted by Crippen LogP contribution is -2.14. The van der Waals surface area contributed by atoms with Crippen LogP contribution in [0.4, 0.5) is 4.39 Å². The van der Waals surface area contributed by atoms with Crippen molar-refractivity contribution < 1.29 is 13.9 Å². The maximum absolute atomic E-state index is 13.4. The molecule has 0 fully saturated rings. The summed E-state index contributed by atoms with van der Waals surface area (Å²) in [4.78, 5) is 15.2. The highest BCUT2D eigenvalue weighted by Crippen LogP contribution is 2.26. The SMILES string of the molecule is O=C(COc1ccc(Cl)c(Cl)c1)c1ccc(Cl)nc1F. The van der Waals surface area contributed by atoms with Crippen LogP contribution in [0, 0.1) is 5.95 Å². The number of ether oxygens (including phenoxy) is 1. The molecule has 0 unspecified atom stereocenters. The predicted molar refractivity (Wildman–Crippen MR) is 75.5 cm³/mol. The Morgan fingerprint density at radius 3 is 2.55 bits per heavy atom. The van der Waals surface area contributed by atoms with Crippen LogP contribution in [-0.2, 0) is 0 Å². The summed E-state index contributed by atoms with van der Waals surface area (Å²) in [6, 6.07) is 7.14. The lowest BCUT2D eigenvalue weighted by Gasteiger charge is -2.07. The topological polar surface area (TPSA) is 39.2 Å². The second-order valence-corrected chi connectivity index (χ2v) is 4.96. The molecule has 7 heteroatoms. The number of rotatable bonds is 4. The molecule has 1 aromatic heterocycles. The van der Waals surface area contributed by atoms with E-state index in [4.69, 9.17) is 39.5 Å². The Morgan fingerprint density at radius 1 is 1.15 bits per heavy atom. The van der Waals surface area contributed by atoms with Crippen LogP contribution in [0.5, 0.6) is 5.75 Å². The Balaban J connectivity index is 2.06. The Hall–Kier alpha value is -1.36. The van der Waals surface area contributed by atoms with Gasteiger partial charge in [0.1, 0.15) is 10.9 Å². The van der Waals surface area contributed by atoms with Gasteiger partial charge in [-0.1, -0.05) is 34.8 Å². The molecule has 1 heterocycles. The first-order valence-corrected chi connectivity index (χ1v) is 6.54. The summed E-state index contributed by atoms with van der Waals surface area (Å²) in [5.74, 6) is -1.13. The predicted octanol–water partition coefficient (Wildman–Crippen LogP) is 4.44. The molecule has 0 saturated heterocycles. The van der Waals surface area contributed by atoms with Crippen molar-refractivity contribution >= 4 is 40.6 Å². The normalized spacial score (nSPS) is 10.4. The molecule has 0 atom stereocenters. The number of carbonyl (C=O) groups is 1. The summed E-state index contributed by atoms with van der Waals surface area (Å²) >= 11 is 17.1. The fourth-order valence-electron chi connectivity index (χ4n) is 1.41. The van der Waals surface area contributed by atoms with Crippen LogP contribution in [0.3, 0.4) is 0 Å². The minimum Gasteiger partial charge on any atom is -0.485 e. The molecule has 0 bridgehead atoms. The van der Waals surface area contributed by atoms with Gasteiger partial charge in [0.05, 0.1) is 15.6 Å². The number of hydrogen-bond donors (Lipinski definition) is 0. The van der Waals surface area contributed by atoms with Gasteiger partial charge >= 0.3 is 0 Å². The number of halogens is 4. The minimum atomic E-state index is -0.930. The van der Waals surface area contributed by atoms with E-state index in [9.17, 15) is 9.18 Å². The number of carbonyl (C=O) groups excluding carboxylic acids is 1. The molecule has 0 radical (unpaired) electrons. The van der Waals surface area contributed by atoms with Crippen LogP contribution in [-0.4, -0.2) is 17.4 Å². The Kier molecular flexibility index (Phi) is 4.81. The van der Waals surface area contributed by atoms with Gasteiger partial charge in [-0.05, 0) is 24.3 Å². The third kappa shape index (κ3) is 3.60. The van der Waals surface area contributed by atoms with Gasteiger partial charge in [0, 0.05) is 6.07 Å². The third-order valence-electron chi connectivity index (χ3n) is 2.38. The largest absolute Gasteiger partial charge is 0.485 e. The zero-order valence-electron chi connectivity index (χ0n) is 9.87. The summed E-state index contributed by atoms with van der Waals surface area (Å²) in [5, 5.41) is 0.652. The van der Waals surface area contributed by atoms with E-state index in [0.717, 1.165) is 0 Å². The first kappa shape index (κ1) is 15.0. The van der Waals surface area contributed by atoms with Crippen molar-refractivity contribution in [2.45, 2.75) is 0 Å². The second kappa shape index (κ2) is 6.39. The van der Waals surface area contributed by atoms with Crippen molar-refractivity contribution in [1.82, 2.24) is 4.98 Å². The zero-order valence-corrected chi connectivity index (χ0v) is 12.1. The van der Waals surface area contributed by atoms with Crippen molar-refractivity contribution in [3.05, 3.63) is 57.0 Å². The van der Waals surface area contributed by atoms with E-state index in [1.54, 1.807) is 6.07 Å². The summed E-state index contributed by atoms with van der Waals surface area (Å²) in [6.07, 6.45) is 0. The molecule has 0 aliphatic heterocycles. The van der Waals surface area contributed by atoms with Crippen molar-refractivity contribution in [2.24, 2.45) is 0 Å². The number of nitrogens with zero attached hydrogens (tertiary/aromatic N) is 1. The quantitative estimate of drug-likeness (QED) is 0.613. The minimum absolute atomic E-state index is 0.0237. The van der Waals surface area contributed by atoms with Crippen LogP contribution >= 0.6 is 34.8 Å². The smallest absolute Gasteiger partial charge is 0.225 e. The van der Waals surface area contributed by atoms with E-state index < -0.39 is 11.7 Å². The lowest BCUT2D eigenvalue weighted by molar-refractivity contribution is 0.0916. The third-order valence-corrected chi connectivity index (χ3v) is 3.33. The highest BCUT2D eigenvalue weighted by Gasteiger charge is 2.14. The van der Waals surface area contributed by atoms with E-state index in [1.165, 1.54) is 24.3 Å². The van der Waals surface area contributed by atoms with E-state index in [1.807, 2.05) is 0 Å². The molecule has 3 nitrogen and oxygen atoms in total.